The lowest BCUT2D eigenvalue weighted by atomic mass is 10.0. The fourth-order valence-electron chi connectivity index (χ4n) is 1.16. The molecular weight excluding hydrogens is 216 g/mol. The molecule has 1 N–H and O–H groups in total. The zero-order valence-electron chi connectivity index (χ0n) is 8.03. The molecule has 1 unspecified atom stereocenters. The van der Waals surface area contributed by atoms with E-state index in [-0.39, 0.29) is 11.0 Å². The summed E-state index contributed by atoms with van der Waals surface area (Å²) >= 11 is 10.5. The molecule has 76 valence electrons. The molecule has 0 saturated carbocycles. The van der Waals surface area contributed by atoms with Crippen molar-refractivity contribution >= 4 is 28.9 Å². The van der Waals surface area contributed by atoms with Gasteiger partial charge in [-0.2, -0.15) is 0 Å². The lowest BCUT2D eigenvalue weighted by Gasteiger charge is -2.07. The average molecular weight is 229 g/mol. The van der Waals surface area contributed by atoms with Crippen LogP contribution in [0.4, 0.5) is 0 Å². The molecule has 3 heteroatoms. The number of halogens is 1. The van der Waals surface area contributed by atoms with Crippen molar-refractivity contribution in [3.63, 3.8) is 0 Å². The summed E-state index contributed by atoms with van der Waals surface area (Å²) < 4.78 is 0. The molecule has 14 heavy (non-hydrogen) atoms. The van der Waals surface area contributed by atoms with Crippen molar-refractivity contribution in [1.29, 1.82) is 0 Å². The Morgan fingerprint density at radius 1 is 1.43 bits per heavy atom. The van der Waals surface area contributed by atoms with E-state index in [1.54, 1.807) is 0 Å². The minimum Gasteiger partial charge on any atom is -0.502 e. The summed E-state index contributed by atoms with van der Waals surface area (Å²) in [6, 6.07) is 7.74. The van der Waals surface area contributed by atoms with Crippen LogP contribution in [0.5, 0.6) is 0 Å². The second-order valence-corrected chi connectivity index (χ2v) is 4.26. The van der Waals surface area contributed by atoms with Crippen LogP contribution < -0.4 is 0 Å². The lowest BCUT2D eigenvalue weighted by molar-refractivity contribution is 0.496. The van der Waals surface area contributed by atoms with Crippen LogP contribution >= 0.6 is 23.8 Å². The normalized spacial score (nSPS) is 12.4. The lowest BCUT2D eigenvalue weighted by Crippen LogP contribution is -2.07. The fraction of sp³-hybridized carbons (Fsp3) is 0.364. The third-order valence-corrected chi connectivity index (χ3v) is 2.86. The molecule has 0 amide bonds. The molecule has 1 rings (SSSR count). The molecule has 0 aliphatic heterocycles. The van der Waals surface area contributed by atoms with E-state index in [1.165, 1.54) is 5.56 Å². The van der Waals surface area contributed by atoms with E-state index in [9.17, 15) is 0 Å². The van der Waals surface area contributed by atoms with Crippen molar-refractivity contribution in [3.05, 3.63) is 34.9 Å². The van der Waals surface area contributed by atoms with E-state index < -0.39 is 0 Å². The number of hydrogen-bond donors (Lipinski definition) is 1. The molecule has 0 saturated heterocycles. The van der Waals surface area contributed by atoms with Gasteiger partial charge in [0.05, 0.1) is 0 Å². The van der Waals surface area contributed by atoms with Crippen molar-refractivity contribution < 1.29 is 5.11 Å². The van der Waals surface area contributed by atoms with Crippen LogP contribution in [0.3, 0.4) is 0 Å². The maximum Gasteiger partial charge on any atom is 0.159 e. The summed E-state index contributed by atoms with van der Waals surface area (Å²) in [5, 5.41) is 9.90. The van der Waals surface area contributed by atoms with Gasteiger partial charge in [-0.1, -0.05) is 30.7 Å². The number of aliphatic hydroxyl groups excluding tert-OH is 1. The first-order chi connectivity index (χ1) is 6.59. The van der Waals surface area contributed by atoms with E-state index in [4.69, 9.17) is 16.7 Å². The first-order valence-corrected chi connectivity index (χ1v) is 5.35. The highest BCUT2D eigenvalue weighted by Gasteiger charge is 2.06. The molecule has 1 atom stereocenters. The molecule has 0 spiro atoms. The maximum absolute atomic E-state index is 9.05. The molecule has 0 radical (unpaired) electrons. The number of aryl methyl sites for hydroxylation is 1. The summed E-state index contributed by atoms with van der Waals surface area (Å²) in [6.45, 7) is 1.93. The van der Waals surface area contributed by atoms with Gasteiger partial charge in [-0.25, -0.2) is 0 Å². The van der Waals surface area contributed by atoms with Crippen LogP contribution in [0, 0.1) is 5.92 Å². The molecule has 1 nitrogen and oxygen atoms in total. The van der Waals surface area contributed by atoms with Gasteiger partial charge in [-0.05, 0) is 42.8 Å². The number of thiocarbonyl (C=S) groups is 1. The Labute approximate surface area is 94.7 Å². The van der Waals surface area contributed by atoms with Crippen molar-refractivity contribution in [1.82, 2.24) is 0 Å². The zero-order chi connectivity index (χ0) is 10.6. The predicted octanol–water partition coefficient (Wildman–Crippen LogP) is 3.79. The number of hydrogen-bond acceptors (Lipinski definition) is 1. The van der Waals surface area contributed by atoms with Gasteiger partial charge in [0.15, 0.2) is 5.05 Å². The smallest absolute Gasteiger partial charge is 0.159 e. The number of benzene rings is 1. The molecule has 0 aliphatic rings. The monoisotopic (exact) mass is 228 g/mol. The van der Waals surface area contributed by atoms with Gasteiger partial charge in [0, 0.05) is 10.9 Å². The quantitative estimate of drug-likeness (QED) is 0.792. The van der Waals surface area contributed by atoms with Crippen LogP contribution in [-0.2, 0) is 6.42 Å². The van der Waals surface area contributed by atoms with Gasteiger partial charge in [0.2, 0.25) is 0 Å². The van der Waals surface area contributed by atoms with Crippen molar-refractivity contribution in [2.75, 3.05) is 0 Å². The molecule has 1 aromatic carbocycles. The first-order valence-electron chi connectivity index (χ1n) is 4.57. The Bertz CT molecular complexity index is 308. The zero-order valence-corrected chi connectivity index (χ0v) is 9.61. The van der Waals surface area contributed by atoms with Crippen LogP contribution in [0.2, 0.25) is 5.02 Å². The number of rotatable bonds is 4. The van der Waals surface area contributed by atoms with E-state index in [0.717, 1.165) is 17.9 Å². The standard InChI is InChI=1S/C11H13ClOS/c1-8(11(13)14)2-3-9-4-6-10(12)7-5-9/h4-8H,2-3H2,1H3,(H,13,14). The Morgan fingerprint density at radius 2 is 2.00 bits per heavy atom. The van der Waals surface area contributed by atoms with Crippen LogP contribution in [0.1, 0.15) is 18.9 Å². The third kappa shape index (κ3) is 3.64. The molecular formula is C11H13ClOS. The van der Waals surface area contributed by atoms with Crippen LogP contribution in [-0.4, -0.2) is 10.2 Å². The molecule has 0 fully saturated rings. The fourth-order valence-corrected chi connectivity index (χ4v) is 1.40. The Morgan fingerprint density at radius 3 is 2.50 bits per heavy atom. The highest BCUT2D eigenvalue weighted by molar-refractivity contribution is 7.80. The second kappa shape index (κ2) is 5.32. The van der Waals surface area contributed by atoms with Crippen molar-refractivity contribution in [3.8, 4) is 0 Å². The van der Waals surface area contributed by atoms with Crippen molar-refractivity contribution in [2.24, 2.45) is 5.92 Å². The summed E-state index contributed by atoms with van der Waals surface area (Å²) in [4.78, 5) is 0. The number of aliphatic hydroxyl groups is 1. The maximum atomic E-state index is 9.05. The molecule has 0 aliphatic carbocycles. The second-order valence-electron chi connectivity index (χ2n) is 3.40. The predicted molar refractivity (Wildman–Crippen MR) is 64.2 cm³/mol. The molecule has 0 heterocycles. The average Bonchev–Trinajstić information content (AvgIpc) is 2.16. The van der Waals surface area contributed by atoms with Gasteiger partial charge in [0.25, 0.3) is 0 Å². The van der Waals surface area contributed by atoms with Gasteiger partial charge < -0.3 is 5.11 Å². The molecule has 1 aromatic rings. The van der Waals surface area contributed by atoms with Gasteiger partial charge in [-0.15, -0.1) is 0 Å². The summed E-state index contributed by atoms with van der Waals surface area (Å²) in [5.74, 6) is 0.0840. The molecule has 0 aromatic heterocycles. The minimum atomic E-state index is 0.0840. The SMILES string of the molecule is CC(CCc1ccc(Cl)cc1)C(O)=S. The summed E-state index contributed by atoms with van der Waals surface area (Å²) in [5.41, 5.74) is 1.22. The van der Waals surface area contributed by atoms with Gasteiger partial charge in [0.1, 0.15) is 0 Å². The van der Waals surface area contributed by atoms with E-state index in [2.05, 4.69) is 12.2 Å². The Balaban J connectivity index is 2.46. The Hall–Kier alpha value is -0.600. The highest BCUT2D eigenvalue weighted by Crippen LogP contribution is 2.13. The third-order valence-electron chi connectivity index (χ3n) is 2.20. The molecule has 0 bridgehead atoms. The van der Waals surface area contributed by atoms with E-state index in [0.29, 0.717) is 0 Å². The van der Waals surface area contributed by atoms with E-state index in [1.807, 2.05) is 31.2 Å². The summed E-state index contributed by atoms with van der Waals surface area (Å²) in [7, 11) is 0. The van der Waals surface area contributed by atoms with Crippen LogP contribution in [0.25, 0.3) is 0 Å². The minimum absolute atomic E-state index is 0.0840. The largest absolute Gasteiger partial charge is 0.502 e. The first kappa shape index (κ1) is 11.5. The van der Waals surface area contributed by atoms with Gasteiger partial charge in [-0.3, -0.25) is 0 Å². The Kier molecular flexibility index (Phi) is 4.36. The van der Waals surface area contributed by atoms with Gasteiger partial charge >= 0.3 is 0 Å². The van der Waals surface area contributed by atoms with Crippen LogP contribution in [0.15, 0.2) is 24.3 Å². The topological polar surface area (TPSA) is 20.2 Å². The van der Waals surface area contributed by atoms with Crippen molar-refractivity contribution in [2.45, 2.75) is 19.8 Å². The summed E-state index contributed by atoms with van der Waals surface area (Å²) in [6.07, 6.45) is 1.79. The highest BCUT2D eigenvalue weighted by atomic mass is 35.5. The van der Waals surface area contributed by atoms with E-state index >= 15 is 0 Å².